The molecule has 0 heterocycles. The van der Waals surface area contributed by atoms with E-state index in [1.807, 2.05) is 107 Å². The molecule has 0 N–H and O–H groups in total. The van der Waals surface area contributed by atoms with E-state index in [0.29, 0.717) is 44.5 Å². The molecule has 0 fully saturated rings. The molecule has 6 rings (SSSR count). The molecule has 0 saturated carbocycles. The molecule has 4 nitrogen and oxygen atoms in total. The van der Waals surface area contributed by atoms with Crippen molar-refractivity contribution in [3.05, 3.63) is 212 Å². The highest BCUT2D eigenvalue weighted by atomic mass is 16.1. The summed E-state index contributed by atoms with van der Waals surface area (Å²) in [6.45, 7) is 7.86. The van der Waals surface area contributed by atoms with Crippen molar-refractivity contribution in [2.75, 3.05) is 0 Å². The summed E-state index contributed by atoms with van der Waals surface area (Å²) in [5.74, 6) is -0.140. The van der Waals surface area contributed by atoms with Gasteiger partial charge in [-0.2, -0.15) is 0 Å². The van der Waals surface area contributed by atoms with Crippen LogP contribution in [0.1, 0.15) is 85.9 Å². The highest BCUT2D eigenvalue weighted by Crippen LogP contribution is 2.17. The molecular formula is C44H36O4. The molecule has 0 aromatic heterocycles. The van der Waals surface area contributed by atoms with Crippen LogP contribution in [0.4, 0.5) is 0 Å². The van der Waals surface area contributed by atoms with E-state index in [0.717, 1.165) is 22.3 Å². The third-order valence-corrected chi connectivity index (χ3v) is 7.97. The Labute approximate surface area is 281 Å². The molecule has 236 valence electrons. The van der Waals surface area contributed by atoms with Crippen LogP contribution in [0, 0.1) is 27.7 Å². The number of hydrogen-bond acceptors (Lipinski definition) is 4. The Balaban J connectivity index is 0.000000188. The Morgan fingerprint density at radius 1 is 0.271 bits per heavy atom. The van der Waals surface area contributed by atoms with E-state index in [-0.39, 0.29) is 23.1 Å². The van der Waals surface area contributed by atoms with Crippen LogP contribution >= 0.6 is 0 Å². The first-order valence-corrected chi connectivity index (χ1v) is 15.7. The predicted octanol–water partition coefficient (Wildman–Crippen LogP) is 9.53. The summed E-state index contributed by atoms with van der Waals surface area (Å²) in [7, 11) is 0. The van der Waals surface area contributed by atoms with Crippen molar-refractivity contribution in [1.29, 1.82) is 0 Å². The first-order valence-electron chi connectivity index (χ1n) is 15.7. The van der Waals surface area contributed by atoms with Gasteiger partial charge in [-0.15, -0.1) is 0 Å². The lowest BCUT2D eigenvalue weighted by Gasteiger charge is -2.05. The summed E-state index contributed by atoms with van der Waals surface area (Å²) in [5, 5.41) is 0. The maximum absolute atomic E-state index is 12.5. The molecule has 0 amide bonds. The summed E-state index contributed by atoms with van der Waals surface area (Å²) in [6.07, 6.45) is 0. The molecule has 48 heavy (non-hydrogen) atoms. The van der Waals surface area contributed by atoms with Crippen molar-refractivity contribution in [2.45, 2.75) is 27.7 Å². The van der Waals surface area contributed by atoms with Crippen molar-refractivity contribution in [3.8, 4) is 0 Å². The fourth-order valence-corrected chi connectivity index (χ4v) is 5.28. The van der Waals surface area contributed by atoms with Crippen molar-refractivity contribution in [3.63, 3.8) is 0 Å². The van der Waals surface area contributed by atoms with E-state index in [1.54, 1.807) is 66.7 Å². The van der Waals surface area contributed by atoms with E-state index < -0.39 is 0 Å². The molecule has 6 aromatic carbocycles. The topological polar surface area (TPSA) is 68.3 Å². The van der Waals surface area contributed by atoms with Crippen LogP contribution in [-0.4, -0.2) is 23.1 Å². The fraction of sp³-hybridized carbons (Fsp3) is 0.0909. The average Bonchev–Trinajstić information content (AvgIpc) is 3.11. The molecule has 0 bridgehead atoms. The van der Waals surface area contributed by atoms with Gasteiger partial charge in [0.15, 0.2) is 23.1 Å². The van der Waals surface area contributed by atoms with Crippen molar-refractivity contribution >= 4 is 23.1 Å². The highest BCUT2D eigenvalue weighted by Gasteiger charge is 2.14. The molecular weight excluding hydrogens is 592 g/mol. The standard InChI is InChI=1S/2C22H18O2/c1-15-5-3-7-19(13-15)21(23)17-9-11-18(12-10-17)22(24)20-8-4-6-16(2)14-20;1-15-6-8-17(9-7-15)21(23)18-10-12-19(13-11-18)22(24)20-5-3-4-16(2)14-20/h2*3-14H,1-2H3. The highest BCUT2D eigenvalue weighted by molar-refractivity contribution is 6.12. The van der Waals surface area contributed by atoms with E-state index >= 15 is 0 Å². The van der Waals surface area contributed by atoms with Gasteiger partial charge >= 0.3 is 0 Å². The maximum atomic E-state index is 12.5. The number of rotatable bonds is 8. The molecule has 0 atom stereocenters. The number of carbonyl (C=O) groups excluding carboxylic acids is 4. The maximum Gasteiger partial charge on any atom is 0.193 e. The molecule has 0 aliphatic heterocycles. The number of benzene rings is 6. The first-order chi connectivity index (χ1) is 23.1. The predicted molar refractivity (Wildman–Crippen MR) is 191 cm³/mol. The minimum Gasteiger partial charge on any atom is -0.289 e. The third kappa shape index (κ3) is 8.23. The SMILES string of the molecule is Cc1ccc(C(=O)c2ccc(C(=O)c3cccc(C)c3)cc2)cc1.Cc1cccc(C(=O)c2ccc(C(=O)c3cccc(C)c3)cc2)c1. The number of aryl methyl sites for hydroxylation is 4. The van der Waals surface area contributed by atoms with Crippen molar-refractivity contribution < 1.29 is 19.2 Å². The van der Waals surface area contributed by atoms with Gasteiger partial charge in [0.1, 0.15) is 0 Å². The van der Waals surface area contributed by atoms with Crippen LogP contribution in [0.2, 0.25) is 0 Å². The minimum atomic E-state index is -0.0374. The largest absolute Gasteiger partial charge is 0.289 e. The molecule has 0 aliphatic carbocycles. The monoisotopic (exact) mass is 628 g/mol. The second kappa shape index (κ2) is 15.1. The van der Waals surface area contributed by atoms with Crippen LogP contribution in [0.15, 0.2) is 146 Å². The second-order valence-corrected chi connectivity index (χ2v) is 11.9. The molecule has 6 aromatic rings. The lowest BCUT2D eigenvalue weighted by atomic mass is 9.97. The van der Waals surface area contributed by atoms with E-state index in [1.165, 1.54) is 0 Å². The summed E-state index contributed by atoms with van der Waals surface area (Å²) < 4.78 is 0. The van der Waals surface area contributed by atoms with Gasteiger partial charge < -0.3 is 0 Å². The number of hydrogen-bond donors (Lipinski definition) is 0. The van der Waals surface area contributed by atoms with Crippen LogP contribution in [-0.2, 0) is 0 Å². The van der Waals surface area contributed by atoms with E-state index in [9.17, 15) is 19.2 Å². The zero-order chi connectivity index (χ0) is 34.2. The zero-order valence-electron chi connectivity index (χ0n) is 27.5. The van der Waals surface area contributed by atoms with Crippen molar-refractivity contribution in [1.82, 2.24) is 0 Å². The van der Waals surface area contributed by atoms with Gasteiger partial charge in [0.2, 0.25) is 0 Å². The van der Waals surface area contributed by atoms with Gasteiger partial charge in [-0.25, -0.2) is 0 Å². The van der Waals surface area contributed by atoms with Gasteiger partial charge in [0.25, 0.3) is 0 Å². The Hall–Kier alpha value is -6.00. The number of carbonyl (C=O) groups is 4. The zero-order valence-corrected chi connectivity index (χ0v) is 27.5. The minimum absolute atomic E-state index is 0.0340. The van der Waals surface area contributed by atoms with Crippen LogP contribution in [0.3, 0.4) is 0 Å². The van der Waals surface area contributed by atoms with Gasteiger partial charge in [0.05, 0.1) is 0 Å². The van der Waals surface area contributed by atoms with E-state index in [2.05, 4.69) is 0 Å². The Kier molecular flexibility index (Phi) is 10.5. The Morgan fingerprint density at radius 3 is 0.750 bits per heavy atom. The van der Waals surface area contributed by atoms with Crippen LogP contribution in [0.5, 0.6) is 0 Å². The lowest BCUT2D eigenvalue weighted by Crippen LogP contribution is -2.04. The molecule has 0 spiro atoms. The van der Waals surface area contributed by atoms with Crippen LogP contribution in [0.25, 0.3) is 0 Å². The summed E-state index contributed by atoms with van der Waals surface area (Å²) >= 11 is 0. The van der Waals surface area contributed by atoms with Gasteiger partial charge in [-0.3, -0.25) is 19.2 Å². The quantitative estimate of drug-likeness (QED) is 0.158. The summed E-state index contributed by atoms with van der Waals surface area (Å²) in [5.41, 5.74) is 9.23. The molecule has 0 radical (unpaired) electrons. The molecule has 0 unspecified atom stereocenters. The van der Waals surface area contributed by atoms with E-state index in [4.69, 9.17) is 0 Å². The average molecular weight is 629 g/mol. The molecule has 0 aliphatic rings. The second-order valence-electron chi connectivity index (χ2n) is 11.9. The van der Waals surface area contributed by atoms with Gasteiger partial charge in [-0.05, 0) is 45.9 Å². The third-order valence-electron chi connectivity index (χ3n) is 7.97. The van der Waals surface area contributed by atoms with Crippen molar-refractivity contribution in [2.24, 2.45) is 0 Å². The first kappa shape index (κ1) is 33.4. The van der Waals surface area contributed by atoms with Gasteiger partial charge in [-0.1, -0.05) is 150 Å². The number of ketones is 4. The molecule has 4 heteroatoms. The Bertz CT molecular complexity index is 2030. The fourth-order valence-electron chi connectivity index (χ4n) is 5.28. The molecule has 0 saturated heterocycles. The van der Waals surface area contributed by atoms with Crippen LogP contribution < -0.4 is 0 Å². The smallest absolute Gasteiger partial charge is 0.193 e. The van der Waals surface area contributed by atoms with Gasteiger partial charge in [0, 0.05) is 44.5 Å². The summed E-state index contributed by atoms with van der Waals surface area (Å²) in [6, 6.07) is 43.7. The Morgan fingerprint density at radius 2 is 0.500 bits per heavy atom. The normalized spacial score (nSPS) is 10.4. The summed E-state index contributed by atoms with van der Waals surface area (Å²) in [4.78, 5) is 50.0. The lowest BCUT2D eigenvalue weighted by molar-refractivity contribution is 0.102.